The molecular formula is C18H20ClNS. The molecule has 3 atom stereocenters. The van der Waals surface area contributed by atoms with Crippen LogP contribution in [0.1, 0.15) is 31.4 Å². The summed E-state index contributed by atoms with van der Waals surface area (Å²) in [6, 6.07) is 19.9. The van der Waals surface area contributed by atoms with E-state index >= 15 is 0 Å². The van der Waals surface area contributed by atoms with Gasteiger partial charge in [-0.3, -0.25) is 0 Å². The summed E-state index contributed by atoms with van der Waals surface area (Å²) < 4.78 is 0. The van der Waals surface area contributed by atoms with Crippen molar-refractivity contribution in [2.75, 3.05) is 0 Å². The highest BCUT2D eigenvalue weighted by molar-refractivity contribution is 8.00. The van der Waals surface area contributed by atoms with E-state index in [4.69, 9.17) is 11.6 Å². The number of nitrogens with one attached hydrogen (secondary N) is 1. The van der Waals surface area contributed by atoms with Crippen LogP contribution in [0.15, 0.2) is 59.5 Å². The van der Waals surface area contributed by atoms with Gasteiger partial charge in [0.25, 0.3) is 0 Å². The third kappa shape index (κ3) is 4.03. The van der Waals surface area contributed by atoms with Crippen LogP contribution < -0.4 is 5.32 Å². The molecule has 1 fully saturated rings. The van der Waals surface area contributed by atoms with E-state index in [1.165, 1.54) is 16.9 Å². The lowest BCUT2D eigenvalue weighted by molar-refractivity contribution is 0.349. The van der Waals surface area contributed by atoms with Crippen molar-refractivity contribution in [2.45, 2.75) is 42.0 Å². The van der Waals surface area contributed by atoms with Crippen LogP contribution in [0.2, 0.25) is 5.02 Å². The molecule has 0 saturated carbocycles. The molecule has 1 heterocycles. The van der Waals surface area contributed by atoms with E-state index in [0.29, 0.717) is 17.3 Å². The minimum Gasteiger partial charge on any atom is -0.307 e. The second kappa shape index (κ2) is 6.87. The first kappa shape index (κ1) is 15.0. The van der Waals surface area contributed by atoms with E-state index in [0.717, 1.165) is 11.4 Å². The van der Waals surface area contributed by atoms with Crippen LogP contribution in [-0.2, 0) is 0 Å². The van der Waals surface area contributed by atoms with Gasteiger partial charge in [-0.05, 0) is 49.6 Å². The number of rotatable bonds is 3. The van der Waals surface area contributed by atoms with Gasteiger partial charge in [-0.15, -0.1) is 11.8 Å². The molecule has 0 radical (unpaired) electrons. The zero-order chi connectivity index (χ0) is 14.7. The third-order valence-electron chi connectivity index (χ3n) is 3.90. The van der Waals surface area contributed by atoms with Gasteiger partial charge in [0.2, 0.25) is 0 Å². The van der Waals surface area contributed by atoms with E-state index in [1.807, 2.05) is 23.9 Å². The quantitative estimate of drug-likeness (QED) is 0.823. The van der Waals surface area contributed by atoms with Gasteiger partial charge < -0.3 is 5.32 Å². The Morgan fingerprint density at radius 2 is 1.86 bits per heavy atom. The van der Waals surface area contributed by atoms with Gasteiger partial charge in [-0.1, -0.05) is 41.9 Å². The molecule has 0 bridgehead atoms. The third-order valence-corrected chi connectivity index (χ3v) is 5.40. The minimum absolute atomic E-state index is 0.397. The molecule has 1 aliphatic heterocycles. The molecule has 0 unspecified atom stereocenters. The first-order valence-electron chi connectivity index (χ1n) is 7.44. The molecule has 1 aliphatic rings. The van der Waals surface area contributed by atoms with Crippen molar-refractivity contribution < 1.29 is 0 Å². The lowest BCUT2D eigenvalue weighted by Crippen LogP contribution is -2.39. The van der Waals surface area contributed by atoms with Gasteiger partial charge in [-0.2, -0.15) is 0 Å². The summed E-state index contributed by atoms with van der Waals surface area (Å²) in [4.78, 5) is 1.36. The topological polar surface area (TPSA) is 12.0 Å². The highest BCUT2D eigenvalue weighted by atomic mass is 35.5. The summed E-state index contributed by atoms with van der Waals surface area (Å²) >= 11 is 8.13. The molecular weight excluding hydrogens is 298 g/mol. The first-order chi connectivity index (χ1) is 10.2. The van der Waals surface area contributed by atoms with E-state index in [1.54, 1.807) is 0 Å². The first-order valence-corrected chi connectivity index (χ1v) is 8.69. The molecule has 1 nitrogen and oxygen atoms in total. The average molecular weight is 318 g/mol. The smallest absolute Gasteiger partial charge is 0.0409 e. The number of hydrogen-bond donors (Lipinski definition) is 1. The van der Waals surface area contributed by atoms with Gasteiger partial charge in [-0.25, -0.2) is 0 Å². The minimum atomic E-state index is 0.397. The number of halogens is 1. The van der Waals surface area contributed by atoms with Gasteiger partial charge >= 0.3 is 0 Å². The molecule has 0 aromatic heterocycles. The summed E-state index contributed by atoms with van der Waals surface area (Å²) in [6.45, 7) is 2.27. The van der Waals surface area contributed by atoms with Crippen molar-refractivity contribution in [3.8, 4) is 0 Å². The highest BCUT2D eigenvalue weighted by Crippen LogP contribution is 2.36. The normalized spacial score (nSPS) is 25.7. The van der Waals surface area contributed by atoms with Crippen LogP contribution in [0.3, 0.4) is 0 Å². The standard InChI is InChI=1S/C18H20ClNS/c1-13-10-17(21-16-8-3-2-4-9-16)12-18(20-13)14-6-5-7-15(19)11-14/h2-9,11,13,17-18,20H,10,12H2,1H3/t13-,17+,18-/m1/s1. The average Bonchev–Trinajstić information content (AvgIpc) is 2.48. The maximum absolute atomic E-state index is 6.13. The monoisotopic (exact) mass is 317 g/mol. The second-order valence-electron chi connectivity index (χ2n) is 5.70. The number of thioether (sulfide) groups is 1. The van der Waals surface area contributed by atoms with Gasteiger partial charge in [0, 0.05) is 27.3 Å². The van der Waals surface area contributed by atoms with Gasteiger partial charge in [0.15, 0.2) is 0 Å². The Morgan fingerprint density at radius 3 is 2.62 bits per heavy atom. The molecule has 2 aromatic rings. The number of hydrogen-bond acceptors (Lipinski definition) is 2. The van der Waals surface area contributed by atoms with Crippen molar-refractivity contribution >= 4 is 23.4 Å². The van der Waals surface area contributed by atoms with Crippen molar-refractivity contribution in [1.82, 2.24) is 5.32 Å². The second-order valence-corrected chi connectivity index (χ2v) is 7.51. The largest absolute Gasteiger partial charge is 0.307 e. The maximum atomic E-state index is 6.13. The summed E-state index contributed by atoms with van der Waals surface area (Å²) in [7, 11) is 0. The summed E-state index contributed by atoms with van der Waals surface area (Å²) in [5.41, 5.74) is 1.30. The highest BCUT2D eigenvalue weighted by Gasteiger charge is 2.27. The van der Waals surface area contributed by atoms with Crippen LogP contribution in [0.25, 0.3) is 0 Å². The van der Waals surface area contributed by atoms with Crippen molar-refractivity contribution in [3.05, 3.63) is 65.2 Å². The molecule has 0 amide bonds. The number of piperidine rings is 1. The van der Waals surface area contributed by atoms with Crippen molar-refractivity contribution in [3.63, 3.8) is 0 Å². The van der Waals surface area contributed by atoms with E-state index in [2.05, 4.69) is 54.7 Å². The molecule has 21 heavy (non-hydrogen) atoms. The molecule has 1 N–H and O–H groups in total. The predicted molar refractivity (Wildman–Crippen MR) is 92.1 cm³/mol. The van der Waals surface area contributed by atoms with Crippen LogP contribution in [0.4, 0.5) is 0 Å². The summed E-state index contributed by atoms with van der Waals surface area (Å²) in [5, 5.41) is 5.17. The Labute approximate surface area is 136 Å². The Morgan fingerprint density at radius 1 is 1.05 bits per heavy atom. The van der Waals surface area contributed by atoms with Crippen LogP contribution in [0.5, 0.6) is 0 Å². The van der Waals surface area contributed by atoms with Crippen molar-refractivity contribution in [2.24, 2.45) is 0 Å². The molecule has 0 spiro atoms. The lowest BCUT2D eigenvalue weighted by atomic mass is 9.94. The van der Waals surface area contributed by atoms with E-state index in [-0.39, 0.29) is 0 Å². The van der Waals surface area contributed by atoms with Crippen LogP contribution in [0, 0.1) is 0 Å². The molecule has 0 aliphatic carbocycles. The summed E-state index contributed by atoms with van der Waals surface area (Å²) in [6.07, 6.45) is 2.35. The molecule has 2 aromatic carbocycles. The Bertz CT molecular complexity index is 587. The Kier molecular flexibility index (Phi) is 4.89. The van der Waals surface area contributed by atoms with Crippen molar-refractivity contribution in [1.29, 1.82) is 0 Å². The van der Waals surface area contributed by atoms with E-state index in [9.17, 15) is 0 Å². The summed E-state index contributed by atoms with van der Waals surface area (Å²) in [5.74, 6) is 0. The SMILES string of the molecule is C[C@@H]1C[C@H](Sc2ccccc2)C[C@H](c2cccc(Cl)c2)N1. The zero-order valence-electron chi connectivity index (χ0n) is 12.1. The fraction of sp³-hybridized carbons (Fsp3) is 0.333. The molecule has 110 valence electrons. The number of benzene rings is 2. The lowest BCUT2D eigenvalue weighted by Gasteiger charge is -2.35. The molecule has 3 heteroatoms. The van der Waals surface area contributed by atoms with E-state index < -0.39 is 0 Å². The molecule has 3 rings (SSSR count). The fourth-order valence-electron chi connectivity index (χ4n) is 2.98. The fourth-order valence-corrected chi connectivity index (χ4v) is 4.55. The Hall–Kier alpha value is -0.960. The van der Waals surface area contributed by atoms with Gasteiger partial charge in [0.05, 0.1) is 0 Å². The maximum Gasteiger partial charge on any atom is 0.0409 e. The molecule has 1 saturated heterocycles. The van der Waals surface area contributed by atoms with Gasteiger partial charge in [0.1, 0.15) is 0 Å². The van der Waals surface area contributed by atoms with Crippen LogP contribution in [-0.4, -0.2) is 11.3 Å². The predicted octanol–water partition coefficient (Wildman–Crippen LogP) is 5.31. The zero-order valence-corrected chi connectivity index (χ0v) is 13.7. The Balaban J connectivity index is 1.72. The van der Waals surface area contributed by atoms with Crippen LogP contribution >= 0.6 is 23.4 Å².